The first-order valence-corrected chi connectivity index (χ1v) is 7.69. The van der Waals surface area contributed by atoms with Crippen molar-refractivity contribution in [1.82, 2.24) is 10.9 Å². The minimum atomic E-state index is -0.828. The fourth-order valence-corrected chi connectivity index (χ4v) is 2.15. The van der Waals surface area contributed by atoms with Gasteiger partial charge in [0.05, 0.1) is 0 Å². The van der Waals surface area contributed by atoms with Crippen LogP contribution >= 0.6 is 12.2 Å². The van der Waals surface area contributed by atoms with E-state index in [0.717, 1.165) is 17.8 Å². The van der Waals surface area contributed by atoms with Crippen molar-refractivity contribution >= 4 is 28.9 Å². The summed E-state index contributed by atoms with van der Waals surface area (Å²) in [5.74, 6) is -1.93. The maximum absolute atomic E-state index is 13.1. The Morgan fingerprint density at radius 1 is 1.00 bits per heavy atom. The van der Waals surface area contributed by atoms with Crippen LogP contribution in [0.15, 0.2) is 42.5 Å². The van der Waals surface area contributed by atoms with Crippen molar-refractivity contribution in [3.8, 4) is 0 Å². The molecule has 0 aliphatic rings. The predicted octanol–water partition coefficient (Wildman–Crippen LogP) is 3.72. The van der Waals surface area contributed by atoms with Crippen molar-refractivity contribution in [2.45, 2.75) is 19.8 Å². The second kappa shape index (κ2) is 7.83. The molecular formula is C17H17F2N3OS. The number of nitrogens with one attached hydrogen (secondary N) is 3. The monoisotopic (exact) mass is 349 g/mol. The molecule has 7 heteroatoms. The van der Waals surface area contributed by atoms with Crippen molar-refractivity contribution in [3.63, 3.8) is 0 Å². The van der Waals surface area contributed by atoms with E-state index >= 15 is 0 Å². The van der Waals surface area contributed by atoms with E-state index in [4.69, 9.17) is 12.2 Å². The summed E-state index contributed by atoms with van der Waals surface area (Å²) in [7, 11) is 0. The fraction of sp³-hybridized carbons (Fsp3) is 0.176. The Labute approximate surface area is 144 Å². The second-order valence-electron chi connectivity index (χ2n) is 5.47. The van der Waals surface area contributed by atoms with E-state index in [0.29, 0.717) is 12.0 Å². The van der Waals surface area contributed by atoms with Crippen LogP contribution in [0.4, 0.5) is 14.5 Å². The SMILES string of the molecule is CC(C)c1ccc(NC(=S)NNC(=O)c2cc(F)cc(F)c2)cc1. The number of anilines is 1. The van der Waals surface area contributed by atoms with E-state index < -0.39 is 17.5 Å². The molecule has 3 N–H and O–H groups in total. The third kappa shape index (κ3) is 4.99. The largest absolute Gasteiger partial charge is 0.331 e. The number of rotatable bonds is 3. The van der Waals surface area contributed by atoms with Crippen molar-refractivity contribution in [3.05, 3.63) is 65.2 Å². The highest BCUT2D eigenvalue weighted by Crippen LogP contribution is 2.17. The molecule has 4 nitrogen and oxygen atoms in total. The zero-order valence-corrected chi connectivity index (χ0v) is 14.0. The summed E-state index contributed by atoms with van der Waals surface area (Å²) in [5, 5.41) is 3.05. The summed E-state index contributed by atoms with van der Waals surface area (Å²) < 4.78 is 26.2. The van der Waals surface area contributed by atoms with Gasteiger partial charge in [-0.2, -0.15) is 0 Å². The maximum Gasteiger partial charge on any atom is 0.269 e. The predicted molar refractivity (Wildman–Crippen MR) is 93.7 cm³/mol. The van der Waals surface area contributed by atoms with Crippen molar-refractivity contribution in [2.24, 2.45) is 0 Å². The van der Waals surface area contributed by atoms with E-state index in [1.807, 2.05) is 24.3 Å². The summed E-state index contributed by atoms with van der Waals surface area (Å²) in [6.07, 6.45) is 0. The third-order valence-corrected chi connectivity index (χ3v) is 3.45. The second-order valence-corrected chi connectivity index (χ2v) is 5.88. The third-order valence-electron chi connectivity index (χ3n) is 3.25. The van der Waals surface area contributed by atoms with Gasteiger partial charge in [-0.15, -0.1) is 0 Å². The molecular weight excluding hydrogens is 332 g/mol. The Morgan fingerprint density at radius 2 is 1.58 bits per heavy atom. The molecule has 24 heavy (non-hydrogen) atoms. The molecule has 0 radical (unpaired) electrons. The quantitative estimate of drug-likeness (QED) is 0.584. The number of benzene rings is 2. The number of carbonyl (C=O) groups excluding carboxylic acids is 1. The fourth-order valence-electron chi connectivity index (χ4n) is 1.98. The molecule has 0 unspecified atom stereocenters. The number of carbonyl (C=O) groups is 1. The van der Waals surface area contributed by atoms with Gasteiger partial charge >= 0.3 is 0 Å². The van der Waals surface area contributed by atoms with Crippen LogP contribution in [0, 0.1) is 11.6 Å². The molecule has 126 valence electrons. The summed E-state index contributed by atoms with van der Waals surface area (Å²) in [6.45, 7) is 4.19. The van der Waals surface area contributed by atoms with Gasteiger partial charge in [0.2, 0.25) is 0 Å². The summed E-state index contributed by atoms with van der Waals surface area (Å²) in [6, 6.07) is 10.2. The molecule has 0 aromatic heterocycles. The number of hydrogen-bond acceptors (Lipinski definition) is 2. The van der Waals surface area contributed by atoms with Gasteiger partial charge in [-0.05, 0) is 48.0 Å². The highest BCUT2D eigenvalue weighted by atomic mass is 32.1. The van der Waals surface area contributed by atoms with Gasteiger partial charge in [-0.1, -0.05) is 26.0 Å². The van der Waals surface area contributed by atoms with Crippen LogP contribution in [0.5, 0.6) is 0 Å². The lowest BCUT2D eigenvalue weighted by Gasteiger charge is -2.12. The van der Waals surface area contributed by atoms with Gasteiger partial charge in [0, 0.05) is 17.3 Å². The molecule has 0 atom stereocenters. The van der Waals surface area contributed by atoms with E-state index in [1.54, 1.807) is 0 Å². The van der Waals surface area contributed by atoms with Crippen molar-refractivity contribution in [2.75, 3.05) is 5.32 Å². The lowest BCUT2D eigenvalue weighted by atomic mass is 10.0. The minimum absolute atomic E-state index is 0.149. The van der Waals surface area contributed by atoms with E-state index in [2.05, 4.69) is 30.0 Å². The molecule has 2 aromatic rings. The molecule has 1 amide bonds. The van der Waals surface area contributed by atoms with Crippen LogP contribution in [0.2, 0.25) is 0 Å². The minimum Gasteiger partial charge on any atom is -0.331 e. The first-order chi connectivity index (χ1) is 11.3. The standard InChI is InChI=1S/C17H17F2N3OS/c1-10(2)11-3-5-15(6-4-11)20-17(24)22-21-16(23)12-7-13(18)9-14(19)8-12/h3-10H,1-2H3,(H,21,23)(H2,20,22,24). The number of thiocarbonyl (C=S) groups is 1. The molecule has 0 saturated heterocycles. The van der Waals surface area contributed by atoms with Crippen LogP contribution in [-0.2, 0) is 0 Å². The van der Waals surface area contributed by atoms with Gasteiger partial charge < -0.3 is 5.32 Å². The Balaban J connectivity index is 1.89. The molecule has 0 bridgehead atoms. The molecule has 0 heterocycles. The molecule has 0 aliphatic carbocycles. The van der Waals surface area contributed by atoms with E-state index in [-0.39, 0.29) is 10.7 Å². The first-order valence-electron chi connectivity index (χ1n) is 7.28. The molecule has 0 fully saturated rings. The van der Waals surface area contributed by atoms with Crippen LogP contribution in [0.25, 0.3) is 0 Å². The average Bonchev–Trinajstić information content (AvgIpc) is 2.52. The van der Waals surface area contributed by atoms with E-state index in [1.165, 1.54) is 5.56 Å². The lowest BCUT2D eigenvalue weighted by molar-refractivity contribution is 0.0943. The molecule has 2 rings (SSSR count). The Hall–Kier alpha value is -2.54. The summed E-state index contributed by atoms with van der Waals surface area (Å²) in [5.41, 5.74) is 6.56. The Bertz CT molecular complexity index is 728. The number of hydrogen-bond donors (Lipinski definition) is 3. The highest BCUT2D eigenvalue weighted by molar-refractivity contribution is 7.80. The zero-order valence-electron chi connectivity index (χ0n) is 13.2. The first kappa shape index (κ1) is 17.8. The maximum atomic E-state index is 13.1. The van der Waals surface area contributed by atoms with E-state index in [9.17, 15) is 13.6 Å². The molecule has 0 saturated carbocycles. The van der Waals surface area contributed by atoms with Crippen LogP contribution < -0.4 is 16.2 Å². The van der Waals surface area contributed by atoms with Crippen LogP contribution in [0.3, 0.4) is 0 Å². The van der Waals surface area contributed by atoms with Crippen LogP contribution in [0.1, 0.15) is 35.7 Å². The van der Waals surface area contributed by atoms with Gasteiger partial charge in [0.15, 0.2) is 5.11 Å². The number of hydrazine groups is 1. The van der Waals surface area contributed by atoms with Gasteiger partial charge in [-0.25, -0.2) is 8.78 Å². The Kier molecular flexibility index (Phi) is 5.81. The zero-order chi connectivity index (χ0) is 17.7. The molecule has 0 aliphatic heterocycles. The smallest absolute Gasteiger partial charge is 0.269 e. The highest BCUT2D eigenvalue weighted by Gasteiger charge is 2.09. The van der Waals surface area contributed by atoms with Crippen LogP contribution in [-0.4, -0.2) is 11.0 Å². The number of amides is 1. The average molecular weight is 349 g/mol. The Morgan fingerprint density at radius 3 is 2.12 bits per heavy atom. The van der Waals surface area contributed by atoms with Crippen molar-refractivity contribution in [1.29, 1.82) is 0 Å². The van der Waals surface area contributed by atoms with Gasteiger partial charge in [-0.3, -0.25) is 15.6 Å². The topological polar surface area (TPSA) is 53.2 Å². The van der Waals surface area contributed by atoms with Gasteiger partial charge in [0.1, 0.15) is 11.6 Å². The summed E-state index contributed by atoms with van der Waals surface area (Å²) >= 11 is 5.06. The summed E-state index contributed by atoms with van der Waals surface area (Å²) in [4.78, 5) is 11.8. The normalized spacial score (nSPS) is 10.4. The number of halogens is 2. The molecule has 0 spiro atoms. The molecule has 2 aromatic carbocycles. The van der Waals surface area contributed by atoms with Gasteiger partial charge in [0.25, 0.3) is 5.91 Å². The lowest BCUT2D eigenvalue weighted by Crippen LogP contribution is -2.43. The van der Waals surface area contributed by atoms with Crippen molar-refractivity contribution < 1.29 is 13.6 Å².